The zero-order valence-corrected chi connectivity index (χ0v) is 11.7. The fourth-order valence-corrected chi connectivity index (χ4v) is 3.10. The van der Waals surface area contributed by atoms with E-state index in [0.29, 0.717) is 13.1 Å². The van der Waals surface area contributed by atoms with Crippen molar-refractivity contribution in [2.75, 3.05) is 12.3 Å². The minimum Gasteiger partial charge on any atom is -0.311 e. The molecule has 1 aromatic rings. The van der Waals surface area contributed by atoms with Gasteiger partial charge in [-0.1, -0.05) is 0 Å². The Balaban J connectivity index is 2.16. The summed E-state index contributed by atoms with van der Waals surface area (Å²) >= 11 is 5.04. The molecule has 1 aromatic heterocycles. The van der Waals surface area contributed by atoms with Crippen molar-refractivity contribution < 1.29 is 13.2 Å². The number of hydrogen-bond donors (Lipinski definition) is 1. The minimum atomic E-state index is -4.12. The molecule has 0 spiro atoms. The van der Waals surface area contributed by atoms with Crippen molar-refractivity contribution in [3.63, 3.8) is 0 Å². The highest BCUT2D eigenvalue weighted by atomic mass is 79.9. The molecule has 1 N–H and O–H groups in total. The Morgan fingerprint density at radius 1 is 1.50 bits per heavy atom. The first-order valence-corrected chi connectivity index (χ1v) is 7.14. The summed E-state index contributed by atoms with van der Waals surface area (Å²) in [5, 5.41) is 2.98. The van der Waals surface area contributed by atoms with Crippen LogP contribution in [0.3, 0.4) is 0 Å². The number of rotatable bonds is 5. The molecule has 1 nitrogen and oxygen atoms in total. The van der Waals surface area contributed by atoms with Crippen molar-refractivity contribution in [2.45, 2.75) is 19.0 Å². The second-order valence-corrected chi connectivity index (χ2v) is 6.44. The second-order valence-electron chi connectivity index (χ2n) is 3.09. The highest BCUT2D eigenvalue weighted by Gasteiger charge is 2.27. The van der Waals surface area contributed by atoms with Crippen LogP contribution < -0.4 is 5.32 Å². The summed E-state index contributed by atoms with van der Waals surface area (Å²) in [6, 6.07) is 1.99. The van der Waals surface area contributed by atoms with Crippen molar-refractivity contribution in [3.8, 4) is 0 Å². The van der Waals surface area contributed by atoms with E-state index in [-0.39, 0.29) is 17.5 Å². The van der Waals surface area contributed by atoms with Gasteiger partial charge in [0, 0.05) is 33.1 Å². The molecule has 0 bridgehead atoms. The van der Waals surface area contributed by atoms with Crippen molar-refractivity contribution in [1.82, 2.24) is 5.32 Å². The fourth-order valence-electron chi connectivity index (χ4n) is 1.06. The number of nitrogens with one attached hydrogen (secondary N) is 1. The maximum absolute atomic E-state index is 11.8. The van der Waals surface area contributed by atoms with Gasteiger partial charge in [0.2, 0.25) is 0 Å². The molecule has 0 atom stereocenters. The summed E-state index contributed by atoms with van der Waals surface area (Å²) in [6.45, 7) is 2.98. The fraction of sp³-hybridized carbons (Fsp3) is 0.556. The van der Waals surface area contributed by atoms with E-state index in [1.54, 1.807) is 11.3 Å². The highest BCUT2D eigenvalue weighted by Crippen LogP contribution is 2.29. The van der Waals surface area contributed by atoms with Crippen LogP contribution in [-0.2, 0) is 6.54 Å². The minimum absolute atomic E-state index is 0.00871. The molecule has 7 heteroatoms. The molecule has 0 fully saturated rings. The van der Waals surface area contributed by atoms with Gasteiger partial charge in [-0.05, 0) is 40.7 Å². The van der Waals surface area contributed by atoms with E-state index in [2.05, 4.69) is 21.2 Å². The van der Waals surface area contributed by atoms with Crippen LogP contribution in [-0.4, -0.2) is 17.8 Å². The normalized spacial score (nSPS) is 12.1. The van der Waals surface area contributed by atoms with E-state index in [4.69, 9.17) is 0 Å². The SMILES string of the molecule is Cc1sc(CNCCSC(F)(F)F)cc1Br. The quantitative estimate of drug-likeness (QED) is 0.812. The Morgan fingerprint density at radius 3 is 2.69 bits per heavy atom. The van der Waals surface area contributed by atoms with Gasteiger partial charge in [-0.25, -0.2) is 0 Å². The highest BCUT2D eigenvalue weighted by molar-refractivity contribution is 9.10. The topological polar surface area (TPSA) is 12.0 Å². The number of thioether (sulfide) groups is 1. The number of alkyl halides is 3. The molecule has 0 saturated carbocycles. The zero-order valence-electron chi connectivity index (χ0n) is 8.53. The lowest BCUT2D eigenvalue weighted by Crippen LogP contribution is -2.17. The molecule has 0 radical (unpaired) electrons. The van der Waals surface area contributed by atoms with E-state index < -0.39 is 5.51 Å². The third-order valence-corrected chi connectivity index (χ3v) is 4.62. The van der Waals surface area contributed by atoms with Gasteiger partial charge in [0.25, 0.3) is 0 Å². The number of hydrogen-bond acceptors (Lipinski definition) is 3. The summed E-state index contributed by atoms with van der Waals surface area (Å²) < 4.78 is 36.4. The van der Waals surface area contributed by atoms with E-state index in [1.807, 2.05) is 13.0 Å². The van der Waals surface area contributed by atoms with Gasteiger partial charge in [-0.2, -0.15) is 13.2 Å². The molecule has 0 aromatic carbocycles. The maximum Gasteiger partial charge on any atom is 0.441 e. The van der Waals surface area contributed by atoms with E-state index in [0.717, 1.165) is 9.35 Å². The third kappa shape index (κ3) is 5.56. The monoisotopic (exact) mass is 333 g/mol. The molecule has 0 saturated heterocycles. The molecule has 1 heterocycles. The van der Waals surface area contributed by atoms with Crippen LogP contribution >= 0.6 is 39.0 Å². The first kappa shape index (κ1) is 14.3. The van der Waals surface area contributed by atoms with Crippen LogP contribution in [0.5, 0.6) is 0 Å². The Labute approximate surface area is 109 Å². The summed E-state index contributed by atoms with van der Waals surface area (Å²) in [7, 11) is 0. The van der Waals surface area contributed by atoms with Crippen molar-refractivity contribution in [3.05, 3.63) is 20.3 Å². The lowest BCUT2D eigenvalue weighted by atomic mass is 10.4. The number of aryl methyl sites for hydroxylation is 1. The van der Waals surface area contributed by atoms with Gasteiger partial charge >= 0.3 is 5.51 Å². The van der Waals surface area contributed by atoms with Gasteiger partial charge < -0.3 is 5.32 Å². The molecule has 0 unspecified atom stereocenters. The van der Waals surface area contributed by atoms with Gasteiger partial charge in [-0.3, -0.25) is 0 Å². The molecule has 0 aliphatic heterocycles. The lowest BCUT2D eigenvalue weighted by Gasteiger charge is -2.05. The van der Waals surface area contributed by atoms with Crippen molar-refractivity contribution in [2.24, 2.45) is 0 Å². The average molecular weight is 334 g/mol. The Kier molecular flexibility index (Phi) is 5.63. The molecular weight excluding hydrogens is 323 g/mol. The molecule has 1 rings (SSSR count). The average Bonchev–Trinajstić information content (AvgIpc) is 2.44. The molecule has 0 aliphatic rings. The number of thiophene rings is 1. The summed E-state index contributed by atoms with van der Waals surface area (Å²) in [4.78, 5) is 2.31. The van der Waals surface area contributed by atoms with Gasteiger partial charge in [-0.15, -0.1) is 11.3 Å². The summed E-state index contributed by atoms with van der Waals surface area (Å²) in [6.07, 6.45) is 0. The van der Waals surface area contributed by atoms with Crippen molar-refractivity contribution in [1.29, 1.82) is 0 Å². The van der Waals surface area contributed by atoms with Crippen LogP contribution in [0.1, 0.15) is 9.75 Å². The van der Waals surface area contributed by atoms with Crippen LogP contribution in [0.2, 0.25) is 0 Å². The predicted octanol–water partition coefficient (Wildman–Crippen LogP) is 4.16. The van der Waals surface area contributed by atoms with E-state index in [9.17, 15) is 13.2 Å². The van der Waals surface area contributed by atoms with Crippen LogP contribution in [0, 0.1) is 6.92 Å². The van der Waals surface area contributed by atoms with E-state index >= 15 is 0 Å². The zero-order chi connectivity index (χ0) is 12.2. The Hall–Kier alpha value is 0.280. The molecule has 16 heavy (non-hydrogen) atoms. The lowest BCUT2D eigenvalue weighted by molar-refractivity contribution is -0.0327. The summed E-state index contributed by atoms with van der Waals surface area (Å²) in [5.74, 6) is 0.0506. The maximum atomic E-state index is 11.8. The Bertz CT molecular complexity index is 318. The first-order valence-electron chi connectivity index (χ1n) is 4.54. The second kappa shape index (κ2) is 6.28. The molecule has 0 amide bonds. The standard InChI is InChI=1S/C9H11BrF3NS2/c1-6-8(10)4-7(16-6)5-14-2-3-15-9(11,12)13/h4,14H,2-3,5H2,1H3. The first-order chi connectivity index (χ1) is 7.38. The van der Waals surface area contributed by atoms with Crippen LogP contribution in [0.15, 0.2) is 10.5 Å². The third-order valence-electron chi connectivity index (χ3n) is 1.75. The van der Waals surface area contributed by atoms with Crippen molar-refractivity contribution >= 4 is 39.0 Å². The molecular formula is C9H11BrF3NS2. The smallest absolute Gasteiger partial charge is 0.311 e. The van der Waals surface area contributed by atoms with Gasteiger partial charge in [0.1, 0.15) is 0 Å². The van der Waals surface area contributed by atoms with Crippen LogP contribution in [0.25, 0.3) is 0 Å². The van der Waals surface area contributed by atoms with Gasteiger partial charge in [0.15, 0.2) is 0 Å². The molecule has 0 aliphatic carbocycles. The predicted molar refractivity (Wildman–Crippen MR) is 67.0 cm³/mol. The number of halogens is 4. The van der Waals surface area contributed by atoms with Gasteiger partial charge in [0.05, 0.1) is 0 Å². The van der Waals surface area contributed by atoms with Crippen LogP contribution in [0.4, 0.5) is 13.2 Å². The summed E-state index contributed by atoms with van der Waals surface area (Å²) in [5.41, 5.74) is -4.12. The van der Waals surface area contributed by atoms with E-state index in [1.165, 1.54) is 4.88 Å². The largest absolute Gasteiger partial charge is 0.441 e. The molecule has 92 valence electrons. The Morgan fingerprint density at radius 2 is 2.19 bits per heavy atom.